The van der Waals surface area contributed by atoms with Crippen molar-refractivity contribution in [2.24, 2.45) is 0 Å². The van der Waals surface area contributed by atoms with E-state index < -0.39 is 0 Å². The van der Waals surface area contributed by atoms with E-state index in [9.17, 15) is 9.59 Å². The molecule has 5 nitrogen and oxygen atoms in total. The summed E-state index contributed by atoms with van der Waals surface area (Å²) >= 11 is 0. The van der Waals surface area contributed by atoms with E-state index >= 15 is 0 Å². The Morgan fingerprint density at radius 2 is 1.79 bits per heavy atom. The van der Waals surface area contributed by atoms with E-state index in [2.05, 4.69) is 22.5 Å². The summed E-state index contributed by atoms with van der Waals surface area (Å²) in [5, 5.41) is 6.05. The van der Waals surface area contributed by atoms with E-state index in [0.717, 1.165) is 50.0 Å². The van der Waals surface area contributed by atoms with Gasteiger partial charge in [0.1, 0.15) is 0 Å². The highest BCUT2D eigenvalue weighted by Gasteiger charge is 2.21. The van der Waals surface area contributed by atoms with E-state index in [1.54, 1.807) is 0 Å². The van der Waals surface area contributed by atoms with Gasteiger partial charge in [-0.3, -0.25) is 9.59 Å². The zero-order valence-corrected chi connectivity index (χ0v) is 17.4. The van der Waals surface area contributed by atoms with Crippen molar-refractivity contribution in [2.45, 2.75) is 52.0 Å². The van der Waals surface area contributed by atoms with Gasteiger partial charge in [-0.15, -0.1) is 0 Å². The average Bonchev–Trinajstić information content (AvgIpc) is 3.27. The molecule has 3 rings (SSSR count). The number of carbonyl (C=O) groups excluding carboxylic acids is 2. The Kier molecular flexibility index (Phi) is 7.28. The Morgan fingerprint density at radius 3 is 2.48 bits per heavy atom. The third-order valence-electron chi connectivity index (χ3n) is 5.38. The quantitative estimate of drug-likeness (QED) is 0.670. The second-order valence-electron chi connectivity index (χ2n) is 7.68. The van der Waals surface area contributed by atoms with Crippen LogP contribution in [-0.2, 0) is 4.79 Å². The Labute approximate surface area is 173 Å². The third-order valence-corrected chi connectivity index (χ3v) is 5.38. The summed E-state index contributed by atoms with van der Waals surface area (Å²) in [5.41, 5.74) is 3.29. The molecule has 2 N–H and O–H groups in total. The fraction of sp³-hybridized carbons (Fsp3) is 0.417. The molecule has 1 fully saturated rings. The van der Waals surface area contributed by atoms with E-state index in [4.69, 9.17) is 0 Å². The maximum atomic E-state index is 13.2. The molecule has 1 aliphatic rings. The predicted octanol–water partition coefficient (Wildman–Crippen LogP) is 4.91. The molecule has 0 radical (unpaired) electrons. The van der Waals surface area contributed by atoms with Crippen LogP contribution in [0, 0.1) is 0 Å². The van der Waals surface area contributed by atoms with Crippen LogP contribution in [0.25, 0.3) is 0 Å². The maximum Gasteiger partial charge on any atom is 0.253 e. The summed E-state index contributed by atoms with van der Waals surface area (Å²) in [6.07, 6.45) is 4.61. The molecule has 1 atom stereocenters. The highest BCUT2D eigenvalue weighted by atomic mass is 16.2. The van der Waals surface area contributed by atoms with E-state index in [0.29, 0.717) is 17.7 Å². The first-order valence-electron chi connectivity index (χ1n) is 10.6. The van der Waals surface area contributed by atoms with Gasteiger partial charge in [0.15, 0.2) is 0 Å². The smallest absolute Gasteiger partial charge is 0.253 e. The molecule has 0 saturated carbocycles. The van der Waals surface area contributed by atoms with Crippen LogP contribution in [0.1, 0.15) is 67.9 Å². The summed E-state index contributed by atoms with van der Waals surface area (Å²) < 4.78 is 0. The van der Waals surface area contributed by atoms with Gasteiger partial charge < -0.3 is 15.5 Å². The highest BCUT2D eigenvalue weighted by Crippen LogP contribution is 2.28. The number of benzene rings is 2. The molecule has 2 aromatic rings. The van der Waals surface area contributed by atoms with E-state index in [1.807, 2.05) is 55.5 Å². The van der Waals surface area contributed by atoms with Gasteiger partial charge in [0, 0.05) is 30.9 Å². The van der Waals surface area contributed by atoms with E-state index in [-0.39, 0.29) is 17.9 Å². The van der Waals surface area contributed by atoms with Gasteiger partial charge in [-0.05, 0) is 49.9 Å². The molecule has 0 spiro atoms. The first kappa shape index (κ1) is 20.9. The lowest BCUT2D eigenvalue weighted by atomic mass is 10.1. The van der Waals surface area contributed by atoms with Crippen LogP contribution in [-0.4, -0.2) is 24.9 Å². The minimum Gasteiger partial charge on any atom is -0.371 e. The van der Waals surface area contributed by atoms with Gasteiger partial charge in [-0.2, -0.15) is 0 Å². The number of unbranched alkanes of at least 4 members (excludes halogenated alkanes) is 1. The molecule has 5 heteroatoms. The molecule has 154 valence electrons. The number of hydrogen-bond acceptors (Lipinski definition) is 3. The second-order valence-corrected chi connectivity index (χ2v) is 7.68. The molecule has 0 aromatic heterocycles. The van der Waals surface area contributed by atoms with Crippen molar-refractivity contribution in [3.63, 3.8) is 0 Å². The van der Waals surface area contributed by atoms with Gasteiger partial charge in [0.2, 0.25) is 5.91 Å². The molecule has 2 amide bonds. The molecule has 0 bridgehead atoms. The minimum absolute atomic E-state index is 0.00946. The minimum atomic E-state index is -0.118. The second kappa shape index (κ2) is 10.1. The Bertz CT molecular complexity index is 829. The van der Waals surface area contributed by atoms with Gasteiger partial charge in [0.25, 0.3) is 5.91 Å². The first-order chi connectivity index (χ1) is 14.1. The van der Waals surface area contributed by atoms with Crippen molar-refractivity contribution < 1.29 is 9.59 Å². The number of rotatable bonds is 8. The van der Waals surface area contributed by atoms with Crippen LogP contribution >= 0.6 is 0 Å². The summed E-state index contributed by atoms with van der Waals surface area (Å²) in [4.78, 5) is 27.6. The summed E-state index contributed by atoms with van der Waals surface area (Å²) in [7, 11) is 0. The standard InChI is InChI=1S/C24H31N3O2/c1-3-4-12-23(28)26-20-13-14-22(27-15-8-9-16-27)21(17-20)24(29)25-18(2)19-10-6-5-7-11-19/h5-7,10-11,13-14,17-18H,3-4,8-9,12,15-16H2,1-2H3,(H,25,29)(H,26,28)/t18-/m1/s1. The van der Waals surface area contributed by atoms with Crippen molar-refractivity contribution in [1.29, 1.82) is 0 Å². The third kappa shape index (κ3) is 5.59. The Morgan fingerprint density at radius 1 is 1.07 bits per heavy atom. The zero-order chi connectivity index (χ0) is 20.6. The summed E-state index contributed by atoms with van der Waals surface area (Å²) in [5.74, 6) is -0.127. The number of nitrogens with one attached hydrogen (secondary N) is 2. The topological polar surface area (TPSA) is 61.4 Å². The van der Waals surface area contributed by atoms with Gasteiger partial charge in [0.05, 0.1) is 11.6 Å². The average molecular weight is 394 g/mol. The monoisotopic (exact) mass is 393 g/mol. The number of carbonyl (C=O) groups is 2. The van der Waals surface area contributed by atoms with Crippen molar-refractivity contribution in [3.8, 4) is 0 Å². The number of anilines is 2. The van der Waals surface area contributed by atoms with Crippen LogP contribution in [0.3, 0.4) is 0 Å². The lowest BCUT2D eigenvalue weighted by Gasteiger charge is -2.23. The molecule has 29 heavy (non-hydrogen) atoms. The normalized spacial score (nSPS) is 14.5. The summed E-state index contributed by atoms with van der Waals surface area (Å²) in [6.45, 7) is 5.96. The van der Waals surface area contributed by atoms with Gasteiger partial charge in [-0.25, -0.2) is 0 Å². The molecule has 1 heterocycles. The van der Waals surface area contributed by atoms with Gasteiger partial charge >= 0.3 is 0 Å². The largest absolute Gasteiger partial charge is 0.371 e. The molecule has 1 aliphatic heterocycles. The van der Waals surface area contributed by atoms with Crippen LogP contribution in [0.2, 0.25) is 0 Å². The molecular weight excluding hydrogens is 362 g/mol. The number of amides is 2. The van der Waals surface area contributed by atoms with Crippen molar-refractivity contribution in [1.82, 2.24) is 5.32 Å². The fourth-order valence-corrected chi connectivity index (χ4v) is 3.69. The van der Waals surface area contributed by atoms with Crippen LogP contribution in [0.4, 0.5) is 11.4 Å². The fourth-order valence-electron chi connectivity index (χ4n) is 3.69. The van der Waals surface area contributed by atoms with Crippen molar-refractivity contribution in [3.05, 3.63) is 59.7 Å². The lowest BCUT2D eigenvalue weighted by Crippen LogP contribution is -2.29. The summed E-state index contributed by atoms with van der Waals surface area (Å²) in [6, 6.07) is 15.5. The number of nitrogens with zero attached hydrogens (tertiary/aromatic N) is 1. The van der Waals surface area contributed by atoms with Crippen LogP contribution in [0.15, 0.2) is 48.5 Å². The molecular formula is C24H31N3O2. The predicted molar refractivity (Wildman–Crippen MR) is 118 cm³/mol. The van der Waals surface area contributed by atoms with E-state index in [1.165, 1.54) is 0 Å². The molecule has 0 aliphatic carbocycles. The van der Waals surface area contributed by atoms with Gasteiger partial charge in [-0.1, -0.05) is 43.7 Å². The Hall–Kier alpha value is -2.82. The maximum absolute atomic E-state index is 13.2. The molecule has 2 aromatic carbocycles. The van der Waals surface area contributed by atoms with Crippen LogP contribution in [0.5, 0.6) is 0 Å². The molecule has 1 saturated heterocycles. The lowest BCUT2D eigenvalue weighted by molar-refractivity contribution is -0.116. The van der Waals surface area contributed by atoms with Crippen LogP contribution < -0.4 is 15.5 Å². The Balaban J connectivity index is 1.81. The number of hydrogen-bond donors (Lipinski definition) is 2. The SMILES string of the molecule is CCCCC(=O)Nc1ccc(N2CCCC2)c(C(=O)N[C@H](C)c2ccccc2)c1. The molecule has 0 unspecified atom stereocenters. The zero-order valence-electron chi connectivity index (χ0n) is 17.4. The van der Waals surface area contributed by atoms with Crippen molar-refractivity contribution >= 4 is 23.2 Å². The highest BCUT2D eigenvalue weighted by molar-refractivity contribution is 6.02. The first-order valence-corrected chi connectivity index (χ1v) is 10.6. The van der Waals surface area contributed by atoms with Crippen molar-refractivity contribution in [2.75, 3.05) is 23.3 Å².